The average Bonchev–Trinajstić information content (AvgIpc) is 2.63. The van der Waals surface area contributed by atoms with E-state index in [2.05, 4.69) is 22.5 Å². The molecule has 1 aliphatic rings. The number of carbonyl (C=O) groups is 2. The number of piperidine rings is 1. The number of hydrogen-bond donors (Lipinski definition) is 2. The van der Waals surface area contributed by atoms with E-state index in [1.54, 1.807) is 6.07 Å². The molecule has 2 aromatic carbocycles. The highest BCUT2D eigenvalue weighted by molar-refractivity contribution is 6.43. The Bertz CT molecular complexity index is 778. The Morgan fingerprint density at radius 1 is 0.923 bits per heavy atom. The molecular weight excluding hydrogens is 326 g/mol. The lowest BCUT2D eigenvalue weighted by Gasteiger charge is -2.32. The first-order chi connectivity index (χ1) is 12.5. The number of anilines is 3. The Balaban J connectivity index is 1.56. The maximum Gasteiger partial charge on any atom is 0.314 e. The van der Waals surface area contributed by atoms with Crippen molar-refractivity contribution in [3.8, 4) is 0 Å². The van der Waals surface area contributed by atoms with Crippen LogP contribution in [-0.2, 0) is 9.59 Å². The Morgan fingerprint density at radius 2 is 1.54 bits per heavy atom. The number of aryl methyl sites for hydroxylation is 1. The maximum atomic E-state index is 12.1. The molecule has 1 heterocycles. The lowest BCUT2D eigenvalue weighted by atomic mass is 9.99. The number of hydrogen-bond acceptors (Lipinski definition) is 3. The summed E-state index contributed by atoms with van der Waals surface area (Å²) in [6.07, 6.45) is 2.41. The fraction of sp³-hybridized carbons (Fsp3) is 0.333. The summed E-state index contributed by atoms with van der Waals surface area (Å²) in [7, 11) is 0. The quantitative estimate of drug-likeness (QED) is 0.827. The molecule has 5 nitrogen and oxygen atoms in total. The second-order valence-corrected chi connectivity index (χ2v) is 6.99. The van der Waals surface area contributed by atoms with Crippen molar-refractivity contribution in [2.24, 2.45) is 5.92 Å². The number of nitrogens with zero attached hydrogens (tertiary/aromatic N) is 1. The van der Waals surface area contributed by atoms with Gasteiger partial charge in [-0.1, -0.05) is 19.1 Å². The topological polar surface area (TPSA) is 61.4 Å². The van der Waals surface area contributed by atoms with Gasteiger partial charge in [-0.2, -0.15) is 0 Å². The molecule has 0 saturated carbocycles. The van der Waals surface area contributed by atoms with Crippen molar-refractivity contribution >= 4 is 28.9 Å². The Hall–Kier alpha value is -2.82. The van der Waals surface area contributed by atoms with Crippen LogP contribution in [0.25, 0.3) is 0 Å². The average molecular weight is 351 g/mol. The van der Waals surface area contributed by atoms with Gasteiger partial charge in [0.05, 0.1) is 0 Å². The van der Waals surface area contributed by atoms with Crippen LogP contribution in [0.4, 0.5) is 17.1 Å². The summed E-state index contributed by atoms with van der Waals surface area (Å²) in [6, 6.07) is 15.0. The molecule has 1 fully saturated rings. The van der Waals surface area contributed by atoms with Gasteiger partial charge in [0.1, 0.15) is 0 Å². The van der Waals surface area contributed by atoms with Crippen molar-refractivity contribution in [1.29, 1.82) is 0 Å². The minimum absolute atomic E-state index is 0.611. The Morgan fingerprint density at radius 3 is 2.15 bits per heavy atom. The van der Waals surface area contributed by atoms with Gasteiger partial charge in [0.2, 0.25) is 0 Å². The summed E-state index contributed by atoms with van der Waals surface area (Å²) in [5.74, 6) is -0.563. The fourth-order valence-corrected chi connectivity index (χ4v) is 3.12. The van der Waals surface area contributed by atoms with Gasteiger partial charge >= 0.3 is 11.8 Å². The minimum Gasteiger partial charge on any atom is -0.372 e. The van der Waals surface area contributed by atoms with E-state index in [1.165, 1.54) is 12.8 Å². The molecule has 0 radical (unpaired) electrons. The molecule has 0 spiro atoms. The normalized spacial score (nSPS) is 14.8. The van der Waals surface area contributed by atoms with Crippen molar-refractivity contribution < 1.29 is 9.59 Å². The lowest BCUT2D eigenvalue weighted by molar-refractivity contribution is -0.132. The first-order valence-electron chi connectivity index (χ1n) is 9.05. The largest absolute Gasteiger partial charge is 0.372 e. The van der Waals surface area contributed by atoms with Gasteiger partial charge in [0, 0.05) is 30.2 Å². The van der Waals surface area contributed by atoms with Gasteiger partial charge in [0.25, 0.3) is 0 Å². The zero-order valence-corrected chi connectivity index (χ0v) is 15.3. The number of carbonyl (C=O) groups excluding carboxylic acids is 2. The Kier molecular flexibility index (Phi) is 5.56. The summed E-state index contributed by atoms with van der Waals surface area (Å²) in [5, 5.41) is 5.26. The predicted octanol–water partition coefficient (Wildman–Crippen LogP) is 3.81. The molecule has 2 N–H and O–H groups in total. The summed E-state index contributed by atoms with van der Waals surface area (Å²) in [6.45, 7) is 6.34. The zero-order chi connectivity index (χ0) is 18.5. The van der Waals surface area contributed by atoms with Crippen molar-refractivity contribution in [2.75, 3.05) is 28.6 Å². The predicted molar refractivity (Wildman–Crippen MR) is 105 cm³/mol. The van der Waals surface area contributed by atoms with Crippen LogP contribution in [0.1, 0.15) is 25.3 Å². The smallest absolute Gasteiger partial charge is 0.314 e. The molecule has 0 unspecified atom stereocenters. The zero-order valence-electron chi connectivity index (χ0n) is 15.3. The molecule has 26 heavy (non-hydrogen) atoms. The van der Waals surface area contributed by atoms with Crippen LogP contribution in [0.2, 0.25) is 0 Å². The molecular formula is C21H25N3O2. The maximum absolute atomic E-state index is 12.1. The molecule has 136 valence electrons. The van der Waals surface area contributed by atoms with Crippen molar-refractivity contribution in [3.05, 3.63) is 54.1 Å². The second-order valence-electron chi connectivity index (χ2n) is 6.99. The highest BCUT2D eigenvalue weighted by atomic mass is 16.2. The molecule has 0 atom stereocenters. The van der Waals surface area contributed by atoms with Gasteiger partial charge in [-0.05, 0) is 67.6 Å². The summed E-state index contributed by atoms with van der Waals surface area (Å²) in [4.78, 5) is 26.5. The van der Waals surface area contributed by atoms with Gasteiger partial charge in [-0.3, -0.25) is 9.59 Å². The van der Waals surface area contributed by atoms with Gasteiger partial charge in [0.15, 0.2) is 0 Å². The van der Waals surface area contributed by atoms with E-state index in [0.717, 1.165) is 30.3 Å². The Labute approximate surface area is 154 Å². The molecule has 2 aromatic rings. The summed E-state index contributed by atoms with van der Waals surface area (Å²) < 4.78 is 0. The first-order valence-corrected chi connectivity index (χ1v) is 9.05. The van der Waals surface area contributed by atoms with E-state index >= 15 is 0 Å². The third-order valence-corrected chi connectivity index (χ3v) is 4.76. The van der Waals surface area contributed by atoms with Crippen LogP contribution in [0, 0.1) is 12.8 Å². The molecule has 0 bridgehead atoms. The fourth-order valence-electron chi connectivity index (χ4n) is 3.12. The van der Waals surface area contributed by atoms with E-state index < -0.39 is 11.8 Å². The van der Waals surface area contributed by atoms with Crippen molar-refractivity contribution in [2.45, 2.75) is 26.7 Å². The lowest BCUT2D eigenvalue weighted by Crippen LogP contribution is -2.32. The second kappa shape index (κ2) is 8.04. The number of amides is 2. The van der Waals surface area contributed by atoms with Gasteiger partial charge in [-0.15, -0.1) is 0 Å². The first kappa shape index (κ1) is 18.0. The van der Waals surface area contributed by atoms with E-state index in [4.69, 9.17) is 0 Å². The molecule has 2 amide bonds. The highest BCUT2D eigenvalue weighted by Crippen LogP contribution is 2.24. The number of rotatable bonds is 3. The van der Waals surface area contributed by atoms with E-state index in [-0.39, 0.29) is 0 Å². The van der Waals surface area contributed by atoms with Gasteiger partial charge < -0.3 is 15.5 Å². The van der Waals surface area contributed by atoms with Crippen molar-refractivity contribution in [1.82, 2.24) is 0 Å². The third-order valence-electron chi connectivity index (χ3n) is 4.76. The molecule has 1 saturated heterocycles. The van der Waals surface area contributed by atoms with Crippen LogP contribution >= 0.6 is 0 Å². The van der Waals surface area contributed by atoms with Crippen LogP contribution < -0.4 is 15.5 Å². The summed E-state index contributed by atoms with van der Waals surface area (Å²) >= 11 is 0. The van der Waals surface area contributed by atoms with Gasteiger partial charge in [-0.25, -0.2) is 0 Å². The van der Waals surface area contributed by atoms with E-state index in [0.29, 0.717) is 11.4 Å². The van der Waals surface area contributed by atoms with Crippen molar-refractivity contribution in [3.63, 3.8) is 0 Å². The number of nitrogens with one attached hydrogen (secondary N) is 2. The monoisotopic (exact) mass is 351 g/mol. The van der Waals surface area contributed by atoms with E-state index in [1.807, 2.05) is 49.4 Å². The minimum atomic E-state index is -0.676. The number of benzene rings is 2. The van der Waals surface area contributed by atoms with Crippen LogP contribution in [0.5, 0.6) is 0 Å². The summed E-state index contributed by atoms with van der Waals surface area (Å²) in [5.41, 5.74) is 3.40. The van der Waals surface area contributed by atoms with Crippen LogP contribution in [-0.4, -0.2) is 24.9 Å². The van der Waals surface area contributed by atoms with Crippen LogP contribution in [0.3, 0.4) is 0 Å². The highest BCUT2D eigenvalue weighted by Gasteiger charge is 2.17. The van der Waals surface area contributed by atoms with E-state index in [9.17, 15) is 9.59 Å². The molecule has 1 aliphatic heterocycles. The SMILES string of the molecule is Cc1cccc(NC(=O)C(=O)Nc2ccc(N3CCC(C)CC3)cc2)c1. The third kappa shape index (κ3) is 4.63. The van der Waals surface area contributed by atoms with Crippen LogP contribution in [0.15, 0.2) is 48.5 Å². The standard InChI is InChI=1S/C21H25N3O2/c1-15-10-12-24(13-11-15)19-8-6-17(7-9-19)22-20(25)21(26)23-18-5-3-4-16(2)14-18/h3-9,14-15H,10-13H2,1-2H3,(H,22,25)(H,23,26). The molecule has 0 aliphatic carbocycles. The molecule has 5 heteroatoms. The molecule has 0 aromatic heterocycles. The molecule has 3 rings (SSSR count).